The second-order valence-electron chi connectivity index (χ2n) is 6.37. The molecule has 0 aliphatic heterocycles. The molecular weight excluding hydrogens is 318 g/mol. The summed E-state index contributed by atoms with van der Waals surface area (Å²) in [4.78, 5) is 15.5. The van der Waals surface area contributed by atoms with Crippen molar-refractivity contribution < 1.29 is 19.1 Å². The minimum atomic E-state index is -1.13. The molecule has 2 rings (SSSR count). The van der Waals surface area contributed by atoms with Gasteiger partial charge in [-0.3, -0.25) is 0 Å². The number of oxazole rings is 1. The Morgan fingerprint density at radius 1 is 1.28 bits per heavy atom. The maximum absolute atomic E-state index is 10.9. The first-order valence-electron chi connectivity index (χ1n) is 8.44. The predicted octanol–water partition coefficient (Wildman–Crippen LogP) is 4.41. The van der Waals surface area contributed by atoms with Gasteiger partial charge in [-0.05, 0) is 45.7 Å². The Bertz CT molecular complexity index is 717. The summed E-state index contributed by atoms with van der Waals surface area (Å²) in [5.41, 5.74) is 0.771. The fourth-order valence-corrected chi connectivity index (χ4v) is 2.22. The van der Waals surface area contributed by atoms with Gasteiger partial charge in [0.05, 0.1) is 5.69 Å². The van der Waals surface area contributed by atoms with Gasteiger partial charge in [-0.15, -0.1) is 0 Å². The van der Waals surface area contributed by atoms with E-state index in [2.05, 4.69) is 17.1 Å². The number of aromatic nitrogens is 1. The van der Waals surface area contributed by atoms with Crippen LogP contribution in [0.3, 0.4) is 0 Å². The number of carboxylic acids is 1. The molecule has 2 aromatic rings. The van der Waals surface area contributed by atoms with Gasteiger partial charge in [0, 0.05) is 18.6 Å². The normalized spacial score (nSPS) is 12.0. The molecule has 0 aliphatic carbocycles. The van der Waals surface area contributed by atoms with Crippen LogP contribution < -0.4 is 0 Å². The van der Waals surface area contributed by atoms with E-state index in [1.165, 1.54) is 0 Å². The second-order valence-corrected chi connectivity index (χ2v) is 6.37. The smallest absolute Gasteiger partial charge is 0.335 e. The van der Waals surface area contributed by atoms with Crippen molar-refractivity contribution in [3.8, 4) is 11.5 Å². The van der Waals surface area contributed by atoms with E-state index in [9.17, 15) is 4.79 Å². The van der Waals surface area contributed by atoms with E-state index in [-0.39, 0.29) is 0 Å². The summed E-state index contributed by atoms with van der Waals surface area (Å²) >= 11 is 0. The topological polar surface area (TPSA) is 72.6 Å². The molecule has 25 heavy (non-hydrogen) atoms. The summed E-state index contributed by atoms with van der Waals surface area (Å²) < 4.78 is 11.1. The van der Waals surface area contributed by atoms with Crippen LogP contribution in [-0.2, 0) is 16.0 Å². The molecular formula is C20H25NO4. The quantitative estimate of drug-likeness (QED) is 0.539. The lowest BCUT2D eigenvalue weighted by atomic mass is 10.1. The van der Waals surface area contributed by atoms with Gasteiger partial charge in [0.1, 0.15) is 5.76 Å². The number of ether oxygens (including phenoxy) is 1. The summed E-state index contributed by atoms with van der Waals surface area (Å²) in [6.07, 6.45) is 6.44. The van der Waals surface area contributed by atoms with Crippen molar-refractivity contribution in [1.29, 1.82) is 0 Å². The molecule has 134 valence electrons. The molecule has 0 radical (unpaired) electrons. The highest BCUT2D eigenvalue weighted by Gasteiger charge is 2.27. The molecule has 5 heteroatoms. The Kier molecular flexibility index (Phi) is 6.53. The summed E-state index contributed by atoms with van der Waals surface area (Å²) in [6.45, 7) is 5.46. The molecule has 0 amide bonds. The van der Waals surface area contributed by atoms with Crippen LogP contribution in [0.4, 0.5) is 0 Å². The largest absolute Gasteiger partial charge is 0.479 e. The molecule has 0 fully saturated rings. The van der Waals surface area contributed by atoms with Crippen LogP contribution in [0.5, 0.6) is 0 Å². The molecule has 0 spiro atoms. The molecule has 1 aromatic heterocycles. The molecule has 1 heterocycles. The number of hydrogen-bond donors (Lipinski definition) is 1. The molecule has 1 N–H and O–H groups in total. The number of allylic oxidation sites excluding steroid dienone is 2. The standard InChI is InChI=1S/C20H25NO4/c1-15-17(21-18(25-15)16-11-7-6-8-12-16)13-9-4-5-10-14-24-20(2,3)19(22)23/h4,6-9,11-12H,5,10,13-14H2,1-3H3,(H,22,23)/b9-4+. The third-order valence-corrected chi connectivity index (χ3v) is 3.88. The van der Waals surface area contributed by atoms with Crippen molar-refractivity contribution in [2.75, 3.05) is 6.61 Å². The average molecular weight is 343 g/mol. The summed E-state index contributed by atoms with van der Waals surface area (Å²) in [6, 6.07) is 9.83. The van der Waals surface area contributed by atoms with Crippen LogP contribution in [0.15, 0.2) is 46.9 Å². The van der Waals surface area contributed by atoms with E-state index in [0.29, 0.717) is 18.9 Å². The van der Waals surface area contributed by atoms with E-state index < -0.39 is 11.6 Å². The molecule has 0 bridgehead atoms. The van der Waals surface area contributed by atoms with Crippen LogP contribution in [0.2, 0.25) is 0 Å². The summed E-state index contributed by atoms with van der Waals surface area (Å²) in [7, 11) is 0. The third kappa shape index (κ3) is 5.57. The number of carboxylic acid groups (broad SMARTS) is 1. The van der Waals surface area contributed by atoms with E-state index in [1.807, 2.05) is 37.3 Å². The number of hydrogen-bond acceptors (Lipinski definition) is 4. The van der Waals surface area contributed by atoms with Crippen molar-refractivity contribution in [2.45, 2.75) is 45.6 Å². The number of aliphatic carboxylic acids is 1. The zero-order valence-electron chi connectivity index (χ0n) is 15.0. The molecule has 0 unspecified atom stereocenters. The van der Waals surface area contributed by atoms with Crippen LogP contribution in [-0.4, -0.2) is 28.3 Å². The Labute approximate surface area is 148 Å². The van der Waals surface area contributed by atoms with Gasteiger partial charge >= 0.3 is 5.97 Å². The minimum Gasteiger partial charge on any atom is -0.479 e. The summed E-state index contributed by atoms with van der Waals surface area (Å²) in [5, 5.41) is 8.96. The first-order chi connectivity index (χ1) is 11.9. The van der Waals surface area contributed by atoms with Crippen LogP contribution >= 0.6 is 0 Å². The Morgan fingerprint density at radius 2 is 2.00 bits per heavy atom. The van der Waals surface area contributed by atoms with Crippen LogP contribution in [0, 0.1) is 6.92 Å². The lowest BCUT2D eigenvalue weighted by molar-refractivity contribution is -0.161. The Morgan fingerprint density at radius 3 is 2.68 bits per heavy atom. The maximum Gasteiger partial charge on any atom is 0.335 e. The summed E-state index contributed by atoms with van der Waals surface area (Å²) in [5.74, 6) is 0.527. The molecule has 0 atom stereocenters. The van der Waals surface area contributed by atoms with Gasteiger partial charge in [0.15, 0.2) is 5.60 Å². The Hall–Kier alpha value is -2.40. The predicted molar refractivity (Wildman–Crippen MR) is 96.4 cm³/mol. The highest BCUT2D eigenvalue weighted by atomic mass is 16.5. The highest BCUT2D eigenvalue weighted by Crippen LogP contribution is 2.21. The SMILES string of the molecule is Cc1oc(-c2ccccc2)nc1C/C=C/CCCOC(C)(C)C(=O)O. The third-order valence-electron chi connectivity index (χ3n) is 3.88. The van der Waals surface area contributed by atoms with Gasteiger partial charge in [-0.2, -0.15) is 0 Å². The van der Waals surface area contributed by atoms with Crippen molar-refractivity contribution in [3.63, 3.8) is 0 Å². The van der Waals surface area contributed by atoms with Crippen molar-refractivity contribution in [1.82, 2.24) is 4.98 Å². The Balaban J connectivity index is 1.77. The second kappa shape index (κ2) is 8.62. The number of unbranched alkanes of at least 4 members (excludes halogenated alkanes) is 1. The number of carbonyl (C=O) groups is 1. The molecule has 0 aliphatic rings. The van der Waals surface area contributed by atoms with Crippen molar-refractivity contribution in [3.05, 3.63) is 53.9 Å². The van der Waals surface area contributed by atoms with Crippen LogP contribution in [0.25, 0.3) is 11.5 Å². The zero-order chi connectivity index (χ0) is 18.3. The van der Waals surface area contributed by atoms with Gasteiger partial charge in [-0.1, -0.05) is 30.4 Å². The average Bonchev–Trinajstić information content (AvgIpc) is 2.95. The van der Waals surface area contributed by atoms with Crippen molar-refractivity contribution >= 4 is 5.97 Å². The van der Waals surface area contributed by atoms with E-state index >= 15 is 0 Å². The first kappa shape index (κ1) is 18.9. The van der Waals surface area contributed by atoms with E-state index in [4.69, 9.17) is 14.3 Å². The fourth-order valence-electron chi connectivity index (χ4n) is 2.22. The minimum absolute atomic E-state index is 0.421. The fraction of sp³-hybridized carbons (Fsp3) is 0.400. The highest BCUT2D eigenvalue weighted by molar-refractivity contribution is 5.76. The molecule has 0 saturated heterocycles. The number of aryl methyl sites for hydroxylation is 1. The van der Waals surface area contributed by atoms with Gasteiger partial charge in [0.2, 0.25) is 5.89 Å². The number of nitrogens with zero attached hydrogens (tertiary/aromatic N) is 1. The zero-order valence-corrected chi connectivity index (χ0v) is 15.0. The monoisotopic (exact) mass is 343 g/mol. The van der Waals surface area contributed by atoms with Gasteiger partial charge in [-0.25, -0.2) is 9.78 Å². The lowest BCUT2D eigenvalue weighted by Gasteiger charge is -2.19. The first-order valence-corrected chi connectivity index (χ1v) is 8.44. The van der Waals surface area contributed by atoms with Gasteiger partial charge in [0.25, 0.3) is 0 Å². The maximum atomic E-state index is 10.9. The lowest BCUT2D eigenvalue weighted by Crippen LogP contribution is -2.34. The van der Waals surface area contributed by atoms with E-state index in [1.54, 1.807) is 13.8 Å². The number of benzene rings is 1. The molecule has 0 saturated carbocycles. The van der Waals surface area contributed by atoms with E-state index in [0.717, 1.165) is 29.9 Å². The van der Waals surface area contributed by atoms with Gasteiger partial charge < -0.3 is 14.3 Å². The van der Waals surface area contributed by atoms with Crippen LogP contribution in [0.1, 0.15) is 38.1 Å². The molecule has 5 nitrogen and oxygen atoms in total. The number of rotatable bonds is 9. The van der Waals surface area contributed by atoms with Crippen molar-refractivity contribution in [2.24, 2.45) is 0 Å². The molecule has 1 aromatic carbocycles.